The third-order valence-electron chi connectivity index (χ3n) is 6.64. The Morgan fingerprint density at radius 3 is 2.35 bits per heavy atom. The minimum atomic E-state index is -0.281. The average Bonchev–Trinajstić information content (AvgIpc) is 3.08. The van der Waals surface area contributed by atoms with Crippen LogP contribution in [0.4, 0.5) is 4.39 Å². The number of carbonyl (C=O) groups is 1. The van der Waals surface area contributed by atoms with Crippen LogP contribution >= 0.6 is 0 Å². The maximum atomic E-state index is 13.0. The molecule has 2 aromatic rings. The molecule has 1 N–H and O–H groups in total. The summed E-state index contributed by atoms with van der Waals surface area (Å²) in [5.74, 6) is 2.76. The molecule has 0 unspecified atom stereocenters. The number of carbonyl (C=O) groups excluding carboxylic acids is 1. The number of hydrogen-bond donors (Lipinski definition) is 1. The van der Waals surface area contributed by atoms with Crippen molar-refractivity contribution in [3.63, 3.8) is 0 Å². The Hall–Kier alpha value is -2.17. The fraction of sp³-hybridized carbons (Fsp3) is 0.524. The van der Waals surface area contributed by atoms with E-state index in [1.165, 1.54) is 31.4 Å². The number of halogens is 1. The van der Waals surface area contributed by atoms with Gasteiger partial charge in [-0.25, -0.2) is 4.39 Å². The largest absolute Gasteiger partial charge is 0.356 e. The van der Waals surface area contributed by atoms with Gasteiger partial charge in [-0.2, -0.15) is 0 Å². The SMILES string of the molecule is O=C(NCc1cc(-c2ccc(F)cc2)on1)C12CC3CC(CC(C3)C1)C2. The summed E-state index contributed by atoms with van der Waals surface area (Å²) < 4.78 is 18.4. The number of benzene rings is 1. The number of aromatic nitrogens is 1. The molecular weight excluding hydrogens is 331 g/mol. The van der Waals surface area contributed by atoms with Crippen LogP contribution < -0.4 is 5.32 Å². The molecule has 26 heavy (non-hydrogen) atoms. The second-order valence-corrected chi connectivity index (χ2v) is 8.57. The van der Waals surface area contributed by atoms with Crippen LogP contribution in [0.2, 0.25) is 0 Å². The van der Waals surface area contributed by atoms with E-state index in [0.717, 1.165) is 42.6 Å². The van der Waals surface area contributed by atoms with Crippen molar-refractivity contribution in [1.82, 2.24) is 10.5 Å². The number of nitrogens with one attached hydrogen (secondary N) is 1. The molecule has 0 spiro atoms. The van der Waals surface area contributed by atoms with Gasteiger partial charge >= 0.3 is 0 Å². The molecule has 0 saturated heterocycles. The third kappa shape index (κ3) is 2.74. The quantitative estimate of drug-likeness (QED) is 0.890. The zero-order valence-electron chi connectivity index (χ0n) is 14.7. The summed E-state index contributed by atoms with van der Waals surface area (Å²) in [5, 5.41) is 7.16. The van der Waals surface area contributed by atoms with E-state index in [1.807, 2.05) is 6.07 Å². The molecule has 4 saturated carbocycles. The van der Waals surface area contributed by atoms with E-state index in [9.17, 15) is 9.18 Å². The summed E-state index contributed by atoms with van der Waals surface area (Å²) in [4.78, 5) is 13.0. The van der Waals surface area contributed by atoms with Gasteiger partial charge in [-0.1, -0.05) is 5.16 Å². The van der Waals surface area contributed by atoms with E-state index < -0.39 is 0 Å². The maximum absolute atomic E-state index is 13.0. The number of amides is 1. The van der Waals surface area contributed by atoms with Crippen molar-refractivity contribution in [1.29, 1.82) is 0 Å². The zero-order chi connectivity index (χ0) is 17.7. The first-order valence-corrected chi connectivity index (χ1v) is 9.59. The molecule has 6 rings (SSSR count). The molecule has 5 heteroatoms. The number of hydrogen-bond acceptors (Lipinski definition) is 3. The molecule has 1 aromatic carbocycles. The number of rotatable bonds is 4. The first-order chi connectivity index (χ1) is 12.6. The molecule has 4 bridgehead atoms. The molecule has 1 heterocycles. The highest BCUT2D eigenvalue weighted by molar-refractivity contribution is 5.83. The average molecular weight is 354 g/mol. The molecule has 4 fully saturated rings. The first-order valence-electron chi connectivity index (χ1n) is 9.59. The van der Waals surface area contributed by atoms with Crippen LogP contribution in [0, 0.1) is 29.0 Å². The summed E-state index contributed by atoms with van der Waals surface area (Å²) in [6.07, 6.45) is 7.17. The molecule has 4 nitrogen and oxygen atoms in total. The van der Waals surface area contributed by atoms with E-state index in [1.54, 1.807) is 12.1 Å². The Bertz CT molecular complexity index is 792. The van der Waals surface area contributed by atoms with Crippen LogP contribution in [-0.4, -0.2) is 11.1 Å². The second kappa shape index (κ2) is 5.93. The molecule has 0 radical (unpaired) electrons. The van der Waals surface area contributed by atoms with Crippen molar-refractivity contribution in [3.05, 3.63) is 41.8 Å². The summed E-state index contributed by atoms with van der Waals surface area (Å²) in [7, 11) is 0. The van der Waals surface area contributed by atoms with Gasteiger partial charge in [-0.05, 0) is 80.5 Å². The maximum Gasteiger partial charge on any atom is 0.226 e. The summed E-state index contributed by atoms with van der Waals surface area (Å²) in [6, 6.07) is 7.92. The van der Waals surface area contributed by atoms with E-state index in [-0.39, 0.29) is 17.1 Å². The lowest BCUT2D eigenvalue weighted by Gasteiger charge is -2.55. The van der Waals surface area contributed by atoms with Crippen LogP contribution in [0.25, 0.3) is 11.3 Å². The Kier molecular flexibility index (Phi) is 3.66. The van der Waals surface area contributed by atoms with Gasteiger partial charge in [0.25, 0.3) is 0 Å². The third-order valence-corrected chi connectivity index (χ3v) is 6.64. The van der Waals surface area contributed by atoms with Crippen LogP contribution in [-0.2, 0) is 11.3 Å². The molecule has 0 atom stereocenters. The van der Waals surface area contributed by atoms with Gasteiger partial charge in [0, 0.05) is 17.0 Å². The molecule has 136 valence electrons. The monoisotopic (exact) mass is 354 g/mol. The lowest BCUT2D eigenvalue weighted by Crippen LogP contribution is -2.53. The van der Waals surface area contributed by atoms with E-state index in [0.29, 0.717) is 18.0 Å². The van der Waals surface area contributed by atoms with Crippen molar-refractivity contribution in [2.45, 2.75) is 45.1 Å². The highest BCUT2D eigenvalue weighted by Crippen LogP contribution is 2.60. The molecule has 4 aliphatic rings. The van der Waals surface area contributed by atoms with Gasteiger partial charge < -0.3 is 9.84 Å². The number of nitrogens with zero attached hydrogens (tertiary/aromatic N) is 1. The highest BCUT2D eigenvalue weighted by Gasteiger charge is 2.54. The Morgan fingerprint density at radius 2 is 1.73 bits per heavy atom. The Labute approximate surface area is 152 Å². The van der Waals surface area contributed by atoms with Crippen LogP contribution in [0.3, 0.4) is 0 Å². The van der Waals surface area contributed by atoms with Gasteiger partial charge in [0.1, 0.15) is 11.5 Å². The smallest absolute Gasteiger partial charge is 0.226 e. The second-order valence-electron chi connectivity index (χ2n) is 8.57. The van der Waals surface area contributed by atoms with Crippen molar-refractivity contribution in [2.24, 2.45) is 23.2 Å². The van der Waals surface area contributed by atoms with Crippen molar-refractivity contribution in [3.8, 4) is 11.3 Å². The molecule has 1 aromatic heterocycles. The minimum Gasteiger partial charge on any atom is -0.356 e. The van der Waals surface area contributed by atoms with Gasteiger partial charge in [-0.15, -0.1) is 0 Å². The molecule has 0 aliphatic heterocycles. The fourth-order valence-electron chi connectivity index (χ4n) is 5.89. The van der Waals surface area contributed by atoms with Crippen molar-refractivity contribution in [2.75, 3.05) is 0 Å². The predicted molar refractivity (Wildman–Crippen MR) is 94.3 cm³/mol. The Balaban J connectivity index is 1.25. The van der Waals surface area contributed by atoms with Gasteiger partial charge in [0.05, 0.1) is 6.54 Å². The zero-order valence-corrected chi connectivity index (χ0v) is 14.7. The first kappa shape index (κ1) is 16.0. The van der Waals surface area contributed by atoms with E-state index in [4.69, 9.17) is 4.52 Å². The lowest BCUT2D eigenvalue weighted by molar-refractivity contribution is -0.146. The summed E-state index contributed by atoms with van der Waals surface area (Å²) in [6.45, 7) is 0.380. The fourth-order valence-corrected chi connectivity index (χ4v) is 5.89. The standard InChI is InChI=1S/C21H23FN2O2/c22-17-3-1-16(2-4-17)19-8-18(24-26-19)12-23-20(25)21-9-13-5-14(10-21)7-15(6-13)11-21/h1-4,8,13-15H,5-7,9-12H2,(H,23,25). The summed E-state index contributed by atoms with van der Waals surface area (Å²) in [5.41, 5.74) is 1.33. The van der Waals surface area contributed by atoms with Crippen molar-refractivity contribution < 1.29 is 13.7 Å². The molecule has 1 amide bonds. The van der Waals surface area contributed by atoms with Gasteiger partial charge in [0.2, 0.25) is 5.91 Å². The van der Waals surface area contributed by atoms with Crippen LogP contribution in [0.15, 0.2) is 34.9 Å². The van der Waals surface area contributed by atoms with Crippen LogP contribution in [0.5, 0.6) is 0 Å². The Morgan fingerprint density at radius 1 is 1.12 bits per heavy atom. The van der Waals surface area contributed by atoms with Crippen molar-refractivity contribution >= 4 is 5.91 Å². The lowest BCUT2D eigenvalue weighted by atomic mass is 9.49. The van der Waals surface area contributed by atoms with Gasteiger partial charge in [-0.3, -0.25) is 4.79 Å². The molecular formula is C21H23FN2O2. The topological polar surface area (TPSA) is 55.1 Å². The predicted octanol–water partition coefficient (Wildman–Crippen LogP) is 4.31. The summed E-state index contributed by atoms with van der Waals surface area (Å²) >= 11 is 0. The van der Waals surface area contributed by atoms with Gasteiger partial charge in [0.15, 0.2) is 5.76 Å². The van der Waals surface area contributed by atoms with Crippen LogP contribution in [0.1, 0.15) is 44.2 Å². The normalized spacial score (nSPS) is 32.0. The van der Waals surface area contributed by atoms with E-state index in [2.05, 4.69) is 10.5 Å². The molecule has 4 aliphatic carbocycles. The minimum absolute atomic E-state index is 0.141. The van der Waals surface area contributed by atoms with E-state index >= 15 is 0 Å². The highest BCUT2D eigenvalue weighted by atomic mass is 19.1.